The van der Waals surface area contributed by atoms with E-state index in [1.807, 2.05) is 20.8 Å². The molecule has 1 aromatic rings. The maximum absolute atomic E-state index is 12.2. The SMILES string of the molecule is CC(C)C(C)(CN)NC(=O)c1cc(C(N)=O)cn1C. The molecule has 0 spiro atoms. The fourth-order valence-corrected chi connectivity index (χ4v) is 1.68. The molecule has 0 bridgehead atoms. The monoisotopic (exact) mass is 266 g/mol. The fraction of sp³-hybridized carbons (Fsp3) is 0.538. The summed E-state index contributed by atoms with van der Waals surface area (Å²) in [6.45, 7) is 6.22. The van der Waals surface area contributed by atoms with Gasteiger partial charge in [-0.15, -0.1) is 0 Å². The molecule has 0 aliphatic heterocycles. The van der Waals surface area contributed by atoms with Crippen LogP contribution in [0.15, 0.2) is 12.3 Å². The van der Waals surface area contributed by atoms with Gasteiger partial charge in [0.1, 0.15) is 5.69 Å². The number of rotatable bonds is 5. The van der Waals surface area contributed by atoms with Crippen LogP contribution in [0.5, 0.6) is 0 Å². The van der Waals surface area contributed by atoms with E-state index < -0.39 is 11.4 Å². The molecule has 0 saturated heterocycles. The van der Waals surface area contributed by atoms with Crippen molar-refractivity contribution in [2.75, 3.05) is 6.54 Å². The largest absolute Gasteiger partial charge is 0.366 e. The first kappa shape index (κ1) is 15.2. The molecule has 0 radical (unpaired) electrons. The van der Waals surface area contributed by atoms with Crippen LogP contribution in [0, 0.1) is 5.92 Å². The first-order chi connectivity index (χ1) is 8.71. The number of carbonyl (C=O) groups excluding carboxylic acids is 2. The summed E-state index contributed by atoms with van der Waals surface area (Å²) in [6.07, 6.45) is 1.53. The Morgan fingerprint density at radius 2 is 2.05 bits per heavy atom. The predicted molar refractivity (Wildman–Crippen MR) is 73.7 cm³/mol. The van der Waals surface area contributed by atoms with Gasteiger partial charge in [0.05, 0.1) is 11.1 Å². The zero-order chi connectivity index (χ0) is 14.8. The zero-order valence-electron chi connectivity index (χ0n) is 11.9. The number of amides is 2. The lowest BCUT2D eigenvalue weighted by atomic mass is 9.88. The Hall–Kier alpha value is -1.82. The smallest absolute Gasteiger partial charge is 0.268 e. The van der Waals surface area contributed by atoms with Crippen LogP contribution < -0.4 is 16.8 Å². The Kier molecular flexibility index (Phi) is 4.36. The van der Waals surface area contributed by atoms with Gasteiger partial charge in [-0.05, 0) is 18.9 Å². The van der Waals surface area contributed by atoms with Gasteiger partial charge >= 0.3 is 0 Å². The van der Waals surface area contributed by atoms with E-state index in [0.29, 0.717) is 17.8 Å². The average molecular weight is 266 g/mol. The molecule has 1 atom stereocenters. The highest BCUT2D eigenvalue weighted by Gasteiger charge is 2.29. The van der Waals surface area contributed by atoms with Gasteiger partial charge in [-0.25, -0.2) is 0 Å². The van der Waals surface area contributed by atoms with Crippen molar-refractivity contribution < 1.29 is 9.59 Å². The molecular formula is C13H22N4O2. The number of primary amides is 1. The van der Waals surface area contributed by atoms with Crippen molar-refractivity contribution in [3.8, 4) is 0 Å². The average Bonchev–Trinajstić information content (AvgIpc) is 2.71. The summed E-state index contributed by atoms with van der Waals surface area (Å²) in [7, 11) is 1.69. The van der Waals surface area contributed by atoms with Crippen molar-refractivity contribution in [2.24, 2.45) is 24.4 Å². The third kappa shape index (κ3) is 3.14. The summed E-state index contributed by atoms with van der Waals surface area (Å²) in [5.41, 5.74) is 11.1. The van der Waals surface area contributed by atoms with Gasteiger partial charge in [0.25, 0.3) is 5.91 Å². The van der Waals surface area contributed by atoms with Gasteiger partial charge in [0.2, 0.25) is 5.91 Å². The number of carbonyl (C=O) groups is 2. The van der Waals surface area contributed by atoms with E-state index in [4.69, 9.17) is 11.5 Å². The van der Waals surface area contributed by atoms with E-state index in [1.165, 1.54) is 12.3 Å². The number of nitrogens with zero attached hydrogens (tertiary/aromatic N) is 1. The Morgan fingerprint density at radius 3 is 2.42 bits per heavy atom. The number of hydrogen-bond donors (Lipinski definition) is 3. The van der Waals surface area contributed by atoms with Crippen LogP contribution in [-0.2, 0) is 7.05 Å². The minimum Gasteiger partial charge on any atom is -0.366 e. The van der Waals surface area contributed by atoms with E-state index >= 15 is 0 Å². The van der Waals surface area contributed by atoms with Crippen LogP contribution in [0.2, 0.25) is 0 Å². The minimum atomic E-state index is -0.555. The number of aromatic nitrogens is 1. The summed E-state index contributed by atoms with van der Waals surface area (Å²) in [5, 5.41) is 2.92. The number of nitrogens with one attached hydrogen (secondary N) is 1. The van der Waals surface area contributed by atoms with E-state index in [2.05, 4.69) is 5.32 Å². The molecule has 0 fully saturated rings. The van der Waals surface area contributed by atoms with Crippen molar-refractivity contribution >= 4 is 11.8 Å². The molecule has 2 amide bonds. The van der Waals surface area contributed by atoms with Gasteiger partial charge in [0.15, 0.2) is 0 Å². The molecule has 0 aromatic carbocycles. The minimum absolute atomic E-state index is 0.192. The zero-order valence-corrected chi connectivity index (χ0v) is 11.9. The summed E-state index contributed by atoms with van der Waals surface area (Å²) < 4.78 is 1.58. The third-order valence-corrected chi connectivity index (χ3v) is 3.62. The highest BCUT2D eigenvalue weighted by molar-refractivity contribution is 5.99. The molecule has 0 aliphatic carbocycles. The van der Waals surface area contributed by atoms with Crippen molar-refractivity contribution in [1.82, 2.24) is 9.88 Å². The lowest BCUT2D eigenvalue weighted by molar-refractivity contribution is 0.0874. The predicted octanol–water partition coefficient (Wildman–Crippen LogP) is 0.227. The van der Waals surface area contributed by atoms with Crippen LogP contribution >= 0.6 is 0 Å². The van der Waals surface area contributed by atoms with Crippen LogP contribution in [0.4, 0.5) is 0 Å². The summed E-state index contributed by atoms with van der Waals surface area (Å²) in [5.74, 6) is -0.630. The van der Waals surface area contributed by atoms with Crippen LogP contribution in [0.3, 0.4) is 0 Å². The Labute approximate surface area is 113 Å². The Balaban J connectivity index is 2.98. The van der Waals surface area contributed by atoms with Gasteiger partial charge in [-0.2, -0.15) is 0 Å². The Bertz CT molecular complexity index is 493. The molecule has 19 heavy (non-hydrogen) atoms. The van der Waals surface area contributed by atoms with E-state index in [1.54, 1.807) is 11.6 Å². The standard InChI is InChI=1S/C13H22N4O2/c1-8(2)13(3,7-14)16-12(19)10-5-9(11(15)18)6-17(10)4/h5-6,8H,7,14H2,1-4H3,(H2,15,18)(H,16,19). The third-order valence-electron chi connectivity index (χ3n) is 3.62. The molecule has 0 saturated carbocycles. The summed E-state index contributed by atoms with van der Waals surface area (Å²) in [4.78, 5) is 23.3. The molecule has 1 aromatic heterocycles. The van der Waals surface area contributed by atoms with Crippen molar-refractivity contribution in [2.45, 2.75) is 26.3 Å². The van der Waals surface area contributed by atoms with Crippen molar-refractivity contribution in [1.29, 1.82) is 0 Å². The van der Waals surface area contributed by atoms with Crippen LogP contribution in [0.1, 0.15) is 41.6 Å². The van der Waals surface area contributed by atoms with Gasteiger partial charge in [-0.3, -0.25) is 9.59 Å². The number of aryl methyl sites for hydroxylation is 1. The molecule has 1 rings (SSSR count). The molecule has 6 heteroatoms. The molecule has 5 N–H and O–H groups in total. The molecule has 1 unspecified atom stereocenters. The van der Waals surface area contributed by atoms with Gasteiger partial charge < -0.3 is 21.4 Å². The molecule has 6 nitrogen and oxygen atoms in total. The van der Waals surface area contributed by atoms with Gasteiger partial charge in [-0.1, -0.05) is 13.8 Å². The normalized spacial score (nSPS) is 14.2. The van der Waals surface area contributed by atoms with Crippen LogP contribution in [0.25, 0.3) is 0 Å². The molecular weight excluding hydrogens is 244 g/mol. The first-order valence-corrected chi connectivity index (χ1v) is 6.20. The maximum atomic E-state index is 12.2. The topological polar surface area (TPSA) is 103 Å². The second-order valence-corrected chi connectivity index (χ2v) is 5.32. The van der Waals surface area contributed by atoms with Crippen molar-refractivity contribution in [3.05, 3.63) is 23.5 Å². The second kappa shape index (κ2) is 5.44. The van der Waals surface area contributed by atoms with E-state index in [-0.39, 0.29) is 11.8 Å². The highest BCUT2D eigenvalue weighted by Crippen LogP contribution is 2.16. The van der Waals surface area contributed by atoms with Gasteiger partial charge in [0, 0.05) is 19.8 Å². The first-order valence-electron chi connectivity index (χ1n) is 6.20. The highest BCUT2D eigenvalue weighted by atomic mass is 16.2. The maximum Gasteiger partial charge on any atom is 0.268 e. The molecule has 106 valence electrons. The quantitative estimate of drug-likeness (QED) is 0.710. The summed E-state index contributed by atoms with van der Waals surface area (Å²) in [6, 6.07) is 1.48. The summed E-state index contributed by atoms with van der Waals surface area (Å²) >= 11 is 0. The molecule has 1 heterocycles. The van der Waals surface area contributed by atoms with E-state index in [9.17, 15) is 9.59 Å². The lowest BCUT2D eigenvalue weighted by Crippen LogP contribution is -2.55. The number of hydrogen-bond acceptors (Lipinski definition) is 3. The lowest BCUT2D eigenvalue weighted by Gasteiger charge is -2.33. The second-order valence-electron chi connectivity index (χ2n) is 5.32. The number of nitrogens with two attached hydrogens (primary N) is 2. The molecule has 0 aliphatic rings. The van der Waals surface area contributed by atoms with E-state index in [0.717, 1.165) is 0 Å². The van der Waals surface area contributed by atoms with Crippen molar-refractivity contribution in [3.63, 3.8) is 0 Å². The fourth-order valence-electron chi connectivity index (χ4n) is 1.68. The Morgan fingerprint density at radius 1 is 1.47 bits per heavy atom. The van der Waals surface area contributed by atoms with Crippen LogP contribution in [-0.4, -0.2) is 28.5 Å².